The summed E-state index contributed by atoms with van der Waals surface area (Å²) in [5.41, 5.74) is 0. The molecule has 1 aromatic heterocycles. The Morgan fingerprint density at radius 1 is 1.38 bits per heavy atom. The molecule has 0 saturated heterocycles. The van der Waals surface area contributed by atoms with Crippen molar-refractivity contribution in [3.05, 3.63) is 22.4 Å². The van der Waals surface area contributed by atoms with Gasteiger partial charge in [0.05, 0.1) is 6.04 Å². The lowest BCUT2D eigenvalue weighted by molar-refractivity contribution is -0.138. The highest BCUT2D eigenvalue weighted by Crippen LogP contribution is 2.17. The number of amides is 2. The Hall–Kier alpha value is -1.56. The molecule has 0 aliphatic carbocycles. The molecular weight excluding hydrogens is 228 g/mol. The van der Waals surface area contributed by atoms with Crippen LogP contribution in [0.5, 0.6) is 0 Å². The Labute approximate surface area is 97.5 Å². The van der Waals surface area contributed by atoms with E-state index in [0.717, 1.165) is 4.88 Å². The van der Waals surface area contributed by atoms with Crippen molar-refractivity contribution in [3.63, 3.8) is 0 Å². The summed E-state index contributed by atoms with van der Waals surface area (Å²) in [4.78, 5) is 22.9. The van der Waals surface area contributed by atoms with Crippen LogP contribution >= 0.6 is 11.3 Å². The van der Waals surface area contributed by atoms with Gasteiger partial charge in [0.15, 0.2) is 0 Å². The highest BCUT2D eigenvalue weighted by Gasteiger charge is 2.15. The zero-order valence-electron chi connectivity index (χ0n) is 9.06. The number of aliphatic carboxylic acids is 1. The molecule has 0 spiro atoms. The van der Waals surface area contributed by atoms with E-state index in [1.54, 1.807) is 0 Å². The topological polar surface area (TPSA) is 78.4 Å². The number of carbonyl (C=O) groups is 2. The summed E-state index contributed by atoms with van der Waals surface area (Å²) in [6, 6.07) is 2.32. The van der Waals surface area contributed by atoms with Gasteiger partial charge < -0.3 is 15.7 Å². The Balaban J connectivity index is 2.43. The van der Waals surface area contributed by atoms with Crippen LogP contribution in [0.3, 0.4) is 0 Å². The van der Waals surface area contributed by atoms with Crippen molar-refractivity contribution in [2.75, 3.05) is 0 Å². The fourth-order valence-corrected chi connectivity index (χ4v) is 1.84. The minimum Gasteiger partial charge on any atom is -0.480 e. The molecule has 0 fully saturated rings. The molecule has 0 aromatic carbocycles. The maximum absolute atomic E-state index is 11.4. The lowest BCUT2D eigenvalue weighted by Gasteiger charge is -2.15. The summed E-state index contributed by atoms with van der Waals surface area (Å²) in [5, 5.41) is 15.5. The van der Waals surface area contributed by atoms with Gasteiger partial charge in [0.2, 0.25) is 0 Å². The van der Waals surface area contributed by atoms with Crippen LogP contribution < -0.4 is 10.6 Å². The van der Waals surface area contributed by atoms with Crippen molar-refractivity contribution in [1.82, 2.24) is 10.6 Å². The minimum absolute atomic E-state index is 0.124. The molecule has 16 heavy (non-hydrogen) atoms. The normalized spacial score (nSPS) is 13.9. The third kappa shape index (κ3) is 3.54. The van der Waals surface area contributed by atoms with Gasteiger partial charge in [0, 0.05) is 4.88 Å². The van der Waals surface area contributed by atoms with Crippen molar-refractivity contribution in [2.24, 2.45) is 0 Å². The number of carbonyl (C=O) groups excluding carboxylic acids is 1. The summed E-state index contributed by atoms with van der Waals surface area (Å²) in [7, 11) is 0. The third-order valence-electron chi connectivity index (χ3n) is 2.04. The second kappa shape index (κ2) is 5.50. The molecule has 3 N–H and O–H groups in total. The highest BCUT2D eigenvalue weighted by molar-refractivity contribution is 7.10. The van der Waals surface area contributed by atoms with Gasteiger partial charge in [-0.25, -0.2) is 4.79 Å². The third-order valence-corrected chi connectivity index (χ3v) is 3.09. The van der Waals surface area contributed by atoms with Gasteiger partial charge in [0.25, 0.3) is 0 Å². The molecule has 0 aliphatic rings. The van der Waals surface area contributed by atoms with Crippen LogP contribution in [0.25, 0.3) is 0 Å². The summed E-state index contributed by atoms with van der Waals surface area (Å²) in [6.45, 7) is 3.26. The van der Waals surface area contributed by atoms with E-state index in [9.17, 15) is 9.59 Å². The first-order chi connectivity index (χ1) is 7.50. The number of thiophene rings is 1. The van der Waals surface area contributed by atoms with Crippen LogP contribution in [-0.4, -0.2) is 23.1 Å². The van der Waals surface area contributed by atoms with E-state index < -0.39 is 18.0 Å². The number of carboxylic acid groups (broad SMARTS) is 1. The summed E-state index contributed by atoms with van der Waals surface area (Å²) >= 11 is 1.54. The van der Waals surface area contributed by atoms with E-state index in [1.807, 2.05) is 24.4 Å². The monoisotopic (exact) mass is 242 g/mol. The van der Waals surface area contributed by atoms with Crippen LogP contribution in [0.2, 0.25) is 0 Å². The SMILES string of the molecule is CC(NC(=O)NC(C)c1cccs1)C(=O)O. The van der Waals surface area contributed by atoms with Crippen LogP contribution in [0.1, 0.15) is 24.8 Å². The smallest absolute Gasteiger partial charge is 0.325 e. The van der Waals surface area contributed by atoms with Crippen LogP contribution in [0, 0.1) is 0 Å². The van der Waals surface area contributed by atoms with Gasteiger partial charge in [0.1, 0.15) is 6.04 Å². The molecule has 6 heteroatoms. The highest BCUT2D eigenvalue weighted by atomic mass is 32.1. The Kier molecular flexibility index (Phi) is 4.30. The predicted octanol–water partition coefficient (Wildman–Crippen LogP) is 1.58. The number of nitrogens with one attached hydrogen (secondary N) is 2. The molecule has 1 rings (SSSR count). The van der Waals surface area contributed by atoms with Crippen LogP contribution in [0.4, 0.5) is 4.79 Å². The van der Waals surface area contributed by atoms with Crippen LogP contribution in [-0.2, 0) is 4.79 Å². The minimum atomic E-state index is -1.06. The average Bonchev–Trinajstić information content (AvgIpc) is 2.69. The van der Waals surface area contributed by atoms with Gasteiger partial charge in [-0.05, 0) is 25.3 Å². The molecule has 2 amide bonds. The van der Waals surface area contributed by atoms with E-state index in [0.29, 0.717) is 0 Å². The fourth-order valence-electron chi connectivity index (χ4n) is 1.11. The van der Waals surface area contributed by atoms with E-state index in [-0.39, 0.29) is 6.04 Å². The molecule has 0 aliphatic heterocycles. The maximum Gasteiger partial charge on any atom is 0.325 e. The molecule has 88 valence electrons. The second-order valence-electron chi connectivity index (χ2n) is 3.41. The fraction of sp³-hybridized carbons (Fsp3) is 0.400. The lowest BCUT2D eigenvalue weighted by atomic mass is 10.3. The molecule has 2 atom stereocenters. The molecule has 1 aromatic rings. The van der Waals surface area contributed by atoms with Crippen molar-refractivity contribution in [2.45, 2.75) is 25.9 Å². The van der Waals surface area contributed by atoms with Crippen molar-refractivity contribution in [3.8, 4) is 0 Å². The number of hydrogen-bond donors (Lipinski definition) is 3. The van der Waals surface area contributed by atoms with Crippen LogP contribution in [0.15, 0.2) is 17.5 Å². The van der Waals surface area contributed by atoms with Gasteiger partial charge >= 0.3 is 12.0 Å². The zero-order chi connectivity index (χ0) is 12.1. The Morgan fingerprint density at radius 3 is 2.56 bits per heavy atom. The van der Waals surface area contributed by atoms with Gasteiger partial charge in [-0.15, -0.1) is 11.3 Å². The number of hydrogen-bond acceptors (Lipinski definition) is 3. The molecular formula is C10H14N2O3S. The lowest BCUT2D eigenvalue weighted by Crippen LogP contribution is -2.44. The molecule has 0 bridgehead atoms. The summed E-state index contributed by atoms with van der Waals surface area (Å²) in [6.07, 6.45) is 0. The Morgan fingerprint density at radius 2 is 2.06 bits per heavy atom. The van der Waals surface area contributed by atoms with Crippen molar-refractivity contribution in [1.29, 1.82) is 0 Å². The zero-order valence-corrected chi connectivity index (χ0v) is 9.88. The first-order valence-electron chi connectivity index (χ1n) is 4.84. The average molecular weight is 242 g/mol. The van der Waals surface area contributed by atoms with E-state index in [1.165, 1.54) is 18.3 Å². The largest absolute Gasteiger partial charge is 0.480 e. The first kappa shape index (κ1) is 12.5. The second-order valence-corrected chi connectivity index (χ2v) is 4.39. The Bertz CT molecular complexity index is 364. The molecule has 1 heterocycles. The first-order valence-corrected chi connectivity index (χ1v) is 5.72. The quantitative estimate of drug-likeness (QED) is 0.750. The molecule has 5 nitrogen and oxygen atoms in total. The van der Waals surface area contributed by atoms with E-state index >= 15 is 0 Å². The number of rotatable bonds is 4. The summed E-state index contributed by atoms with van der Waals surface area (Å²) in [5.74, 6) is -1.06. The van der Waals surface area contributed by atoms with E-state index in [4.69, 9.17) is 5.11 Å². The number of carboxylic acids is 1. The van der Waals surface area contributed by atoms with Gasteiger partial charge in [-0.2, -0.15) is 0 Å². The summed E-state index contributed by atoms with van der Waals surface area (Å²) < 4.78 is 0. The van der Waals surface area contributed by atoms with Gasteiger partial charge in [-0.1, -0.05) is 6.07 Å². The predicted molar refractivity (Wildman–Crippen MR) is 61.5 cm³/mol. The molecule has 2 unspecified atom stereocenters. The molecule has 0 radical (unpaired) electrons. The van der Waals surface area contributed by atoms with E-state index in [2.05, 4.69) is 10.6 Å². The number of urea groups is 1. The van der Waals surface area contributed by atoms with Crippen molar-refractivity contribution < 1.29 is 14.7 Å². The standard InChI is InChI=1S/C10H14N2O3S/c1-6(8-4-3-5-16-8)11-10(15)12-7(2)9(13)14/h3-7H,1-2H3,(H,13,14)(H2,11,12,15). The van der Waals surface area contributed by atoms with Gasteiger partial charge in [-0.3, -0.25) is 4.79 Å². The molecule has 0 saturated carbocycles. The maximum atomic E-state index is 11.4. The van der Waals surface area contributed by atoms with Crippen molar-refractivity contribution >= 4 is 23.3 Å².